The molecule has 0 aliphatic carbocycles. The van der Waals surface area contributed by atoms with Crippen molar-refractivity contribution in [3.8, 4) is 5.75 Å². The Balaban J connectivity index is 2.00. The van der Waals surface area contributed by atoms with Crippen LogP contribution in [0.3, 0.4) is 0 Å². The molecule has 1 N–H and O–H groups in total. The van der Waals surface area contributed by atoms with E-state index in [1.54, 1.807) is 17.5 Å². The zero-order chi connectivity index (χ0) is 16.8. The number of nitrogens with one attached hydrogen (secondary N) is 1. The number of ether oxygens (including phenoxy) is 2. The van der Waals surface area contributed by atoms with Crippen LogP contribution < -0.4 is 10.1 Å². The molecular weight excluding hydrogens is 324 g/mol. The number of nitrogens with zero attached hydrogens (tertiary/aromatic N) is 1. The lowest BCUT2D eigenvalue weighted by Crippen LogP contribution is -2.21. The number of nitro benzene ring substituents is 1. The van der Waals surface area contributed by atoms with Crippen LogP contribution in [0, 0.1) is 10.1 Å². The Morgan fingerprint density at radius 1 is 1.35 bits per heavy atom. The van der Waals surface area contributed by atoms with Crippen molar-refractivity contribution in [1.29, 1.82) is 0 Å². The minimum absolute atomic E-state index is 0.124. The van der Waals surface area contributed by atoms with Gasteiger partial charge in [-0.15, -0.1) is 11.3 Å². The van der Waals surface area contributed by atoms with Crippen molar-refractivity contribution in [2.24, 2.45) is 0 Å². The molecular formula is C14H12N2O6S. The van der Waals surface area contributed by atoms with Crippen molar-refractivity contribution in [2.45, 2.75) is 0 Å². The highest BCUT2D eigenvalue weighted by molar-refractivity contribution is 7.11. The number of esters is 1. The van der Waals surface area contributed by atoms with Gasteiger partial charge in [0.15, 0.2) is 6.61 Å². The molecule has 9 heteroatoms. The number of nitro groups is 1. The summed E-state index contributed by atoms with van der Waals surface area (Å²) in [6.07, 6.45) is 0. The summed E-state index contributed by atoms with van der Waals surface area (Å²) in [6.45, 7) is -0.511. The first-order chi connectivity index (χ1) is 11.0. The number of benzene rings is 1. The standard InChI is InChI=1S/C14H12N2O6S/c1-21-11-5-4-9(16(19)20)7-10(11)15-13(17)8-22-14(18)12-3-2-6-23-12/h2-7H,8H2,1H3,(H,15,17). The van der Waals surface area contributed by atoms with Crippen LogP contribution in [0.1, 0.15) is 9.67 Å². The van der Waals surface area contributed by atoms with Crippen LogP contribution in [-0.2, 0) is 9.53 Å². The second kappa shape index (κ2) is 7.36. The topological polar surface area (TPSA) is 108 Å². The predicted octanol–water partition coefficient (Wildman–Crippen LogP) is 2.46. The van der Waals surface area contributed by atoms with E-state index in [1.165, 1.54) is 30.6 Å². The maximum absolute atomic E-state index is 11.8. The van der Waals surface area contributed by atoms with Gasteiger partial charge in [0, 0.05) is 12.1 Å². The molecule has 0 unspecified atom stereocenters. The van der Waals surface area contributed by atoms with Crippen LogP contribution in [-0.4, -0.2) is 30.5 Å². The number of thiophene rings is 1. The maximum atomic E-state index is 11.8. The van der Waals surface area contributed by atoms with Crippen molar-refractivity contribution in [3.63, 3.8) is 0 Å². The fourth-order valence-corrected chi connectivity index (χ4v) is 2.31. The van der Waals surface area contributed by atoms with Gasteiger partial charge in [-0.2, -0.15) is 0 Å². The third kappa shape index (κ3) is 4.27. The van der Waals surface area contributed by atoms with E-state index in [0.29, 0.717) is 4.88 Å². The largest absolute Gasteiger partial charge is 0.495 e. The van der Waals surface area contributed by atoms with Crippen molar-refractivity contribution in [1.82, 2.24) is 0 Å². The predicted molar refractivity (Wildman–Crippen MR) is 82.9 cm³/mol. The first kappa shape index (κ1) is 16.4. The first-order valence-electron chi connectivity index (χ1n) is 6.34. The molecule has 2 rings (SSSR count). The minimum atomic E-state index is -0.631. The molecule has 0 saturated carbocycles. The van der Waals surface area contributed by atoms with Crippen molar-refractivity contribution in [2.75, 3.05) is 19.0 Å². The average molecular weight is 336 g/mol. The lowest BCUT2D eigenvalue weighted by atomic mass is 10.2. The summed E-state index contributed by atoms with van der Waals surface area (Å²) < 4.78 is 9.88. The second-order valence-electron chi connectivity index (χ2n) is 4.24. The van der Waals surface area contributed by atoms with E-state index in [4.69, 9.17) is 9.47 Å². The SMILES string of the molecule is COc1ccc([N+](=O)[O-])cc1NC(=O)COC(=O)c1cccs1. The second-order valence-corrected chi connectivity index (χ2v) is 5.19. The highest BCUT2D eigenvalue weighted by Crippen LogP contribution is 2.28. The van der Waals surface area contributed by atoms with Crippen LogP contribution in [0.25, 0.3) is 0 Å². The zero-order valence-electron chi connectivity index (χ0n) is 12.0. The van der Waals surface area contributed by atoms with E-state index < -0.39 is 23.4 Å². The molecule has 8 nitrogen and oxygen atoms in total. The number of hydrogen-bond acceptors (Lipinski definition) is 7. The number of non-ortho nitro benzene ring substituents is 1. The first-order valence-corrected chi connectivity index (χ1v) is 7.22. The number of amides is 1. The Hall–Kier alpha value is -2.94. The van der Waals surface area contributed by atoms with E-state index in [9.17, 15) is 19.7 Å². The smallest absolute Gasteiger partial charge is 0.348 e. The normalized spacial score (nSPS) is 9.96. The maximum Gasteiger partial charge on any atom is 0.348 e. The third-order valence-electron chi connectivity index (χ3n) is 2.72. The van der Waals surface area contributed by atoms with Gasteiger partial charge in [-0.25, -0.2) is 4.79 Å². The van der Waals surface area contributed by atoms with E-state index in [0.717, 1.165) is 6.07 Å². The zero-order valence-corrected chi connectivity index (χ0v) is 12.8. The molecule has 1 aromatic carbocycles. The molecule has 2 aromatic rings. The number of rotatable bonds is 6. The molecule has 1 aromatic heterocycles. The number of anilines is 1. The molecule has 1 heterocycles. The van der Waals surface area contributed by atoms with E-state index in [1.807, 2.05) is 0 Å². The summed E-state index contributed by atoms with van der Waals surface area (Å²) in [6, 6.07) is 7.05. The van der Waals surface area contributed by atoms with Crippen molar-refractivity contribution < 1.29 is 24.0 Å². The molecule has 0 saturated heterocycles. The van der Waals surface area contributed by atoms with Crippen LogP contribution in [0.5, 0.6) is 5.75 Å². The van der Waals surface area contributed by atoms with Gasteiger partial charge in [-0.05, 0) is 17.5 Å². The highest BCUT2D eigenvalue weighted by atomic mass is 32.1. The van der Waals surface area contributed by atoms with E-state index >= 15 is 0 Å². The number of hydrogen-bond donors (Lipinski definition) is 1. The molecule has 120 valence electrons. The average Bonchev–Trinajstić information content (AvgIpc) is 3.07. The summed E-state index contributed by atoms with van der Waals surface area (Å²) in [4.78, 5) is 34.0. The Morgan fingerprint density at radius 3 is 2.74 bits per heavy atom. The number of carbonyl (C=O) groups excluding carboxylic acids is 2. The van der Waals surface area contributed by atoms with Crippen LogP contribution in [0.15, 0.2) is 35.7 Å². The van der Waals surface area contributed by atoms with Crippen LogP contribution in [0.4, 0.5) is 11.4 Å². The molecule has 0 spiro atoms. The molecule has 0 aliphatic heterocycles. The summed E-state index contributed by atoms with van der Waals surface area (Å²) in [7, 11) is 1.37. The lowest BCUT2D eigenvalue weighted by molar-refractivity contribution is -0.384. The fourth-order valence-electron chi connectivity index (χ4n) is 1.69. The van der Waals surface area contributed by atoms with Gasteiger partial charge in [-0.1, -0.05) is 6.07 Å². The fraction of sp³-hybridized carbons (Fsp3) is 0.143. The molecule has 0 radical (unpaired) electrons. The van der Waals surface area contributed by atoms with Gasteiger partial charge in [0.25, 0.3) is 11.6 Å². The van der Waals surface area contributed by atoms with Gasteiger partial charge in [0.2, 0.25) is 0 Å². The van der Waals surface area contributed by atoms with Gasteiger partial charge < -0.3 is 14.8 Å². The molecule has 0 bridgehead atoms. The van der Waals surface area contributed by atoms with Crippen molar-refractivity contribution in [3.05, 3.63) is 50.7 Å². The van der Waals surface area contributed by atoms with E-state index in [2.05, 4.69) is 5.32 Å². The Labute approximate surface area is 134 Å². The van der Waals surface area contributed by atoms with Crippen LogP contribution in [0.2, 0.25) is 0 Å². The summed E-state index contributed by atoms with van der Waals surface area (Å²) in [5.41, 5.74) is -0.0736. The van der Waals surface area contributed by atoms with Gasteiger partial charge in [-0.3, -0.25) is 14.9 Å². The minimum Gasteiger partial charge on any atom is -0.495 e. The van der Waals surface area contributed by atoms with Gasteiger partial charge in [0.1, 0.15) is 10.6 Å². The Kier molecular flexibility index (Phi) is 5.26. The highest BCUT2D eigenvalue weighted by Gasteiger charge is 2.15. The lowest BCUT2D eigenvalue weighted by Gasteiger charge is -2.10. The quantitative estimate of drug-likeness (QED) is 0.493. The summed E-state index contributed by atoms with van der Waals surface area (Å²) >= 11 is 1.20. The summed E-state index contributed by atoms with van der Waals surface area (Å²) in [5, 5.41) is 14.9. The number of carbonyl (C=O) groups is 2. The Bertz CT molecular complexity index is 729. The molecule has 1 amide bonds. The summed E-state index contributed by atoms with van der Waals surface area (Å²) in [5.74, 6) is -0.983. The van der Waals surface area contributed by atoms with Gasteiger partial charge in [0.05, 0.1) is 17.7 Å². The van der Waals surface area contributed by atoms with Crippen molar-refractivity contribution >= 4 is 34.6 Å². The number of methoxy groups -OCH3 is 1. The molecule has 0 fully saturated rings. The molecule has 23 heavy (non-hydrogen) atoms. The molecule has 0 aliphatic rings. The molecule has 0 atom stereocenters. The third-order valence-corrected chi connectivity index (χ3v) is 3.57. The Morgan fingerprint density at radius 2 is 2.13 bits per heavy atom. The monoisotopic (exact) mass is 336 g/mol. The van der Waals surface area contributed by atoms with Crippen LogP contribution >= 0.6 is 11.3 Å². The van der Waals surface area contributed by atoms with E-state index in [-0.39, 0.29) is 17.1 Å². The van der Waals surface area contributed by atoms with Gasteiger partial charge >= 0.3 is 5.97 Å².